The highest BCUT2D eigenvalue weighted by molar-refractivity contribution is 8.13. The number of halogens is 1. The summed E-state index contributed by atoms with van der Waals surface area (Å²) in [5.41, 5.74) is 9.34. The van der Waals surface area contributed by atoms with Crippen LogP contribution in [0.15, 0.2) is 35.8 Å². The molecule has 1 aliphatic heterocycles. The highest BCUT2D eigenvalue weighted by atomic mass is 32.2. The molecule has 0 radical (unpaired) electrons. The number of aliphatic imine (C=N–C) groups is 1. The van der Waals surface area contributed by atoms with E-state index in [1.807, 2.05) is 6.07 Å². The van der Waals surface area contributed by atoms with Crippen LogP contribution in [0.5, 0.6) is 0 Å². The molecule has 0 amide bonds. The Labute approximate surface area is 151 Å². The number of hydrogen-bond acceptors (Lipinski definition) is 5. The molecule has 2 aliphatic rings. The third kappa shape index (κ3) is 3.52. The first-order chi connectivity index (χ1) is 12.2. The van der Waals surface area contributed by atoms with Crippen LogP contribution in [0.3, 0.4) is 0 Å². The molecule has 0 saturated heterocycles. The molecule has 0 spiro atoms. The second-order valence-corrected chi connectivity index (χ2v) is 7.07. The van der Waals surface area contributed by atoms with Crippen LogP contribution in [0.25, 0.3) is 11.1 Å². The third-order valence-electron chi connectivity index (χ3n) is 4.60. The maximum absolute atomic E-state index is 14.6. The molecule has 1 aromatic heterocycles. The van der Waals surface area contributed by atoms with Crippen molar-refractivity contribution in [1.82, 2.24) is 9.97 Å². The summed E-state index contributed by atoms with van der Waals surface area (Å²) in [7, 11) is 0. The first-order valence-electron chi connectivity index (χ1n) is 8.09. The maximum atomic E-state index is 14.6. The van der Waals surface area contributed by atoms with Crippen LogP contribution in [-0.4, -0.2) is 20.9 Å². The number of nitrogens with two attached hydrogens (primary N) is 1. The molecule has 1 unspecified atom stereocenters. The minimum absolute atomic E-state index is 0.0396. The number of aryl methyl sites for hydroxylation is 1. The van der Waals surface area contributed by atoms with Crippen molar-refractivity contribution in [2.45, 2.75) is 25.3 Å². The fraction of sp³-hybridized carbons (Fsp3) is 0.316. The van der Waals surface area contributed by atoms with Gasteiger partial charge in [0.15, 0.2) is 5.17 Å². The Hall–Kier alpha value is -2.39. The van der Waals surface area contributed by atoms with Gasteiger partial charge in [0.2, 0.25) is 0 Å². The lowest BCUT2D eigenvalue weighted by Crippen LogP contribution is -2.24. The fourth-order valence-electron chi connectivity index (χ4n) is 3.47. The Morgan fingerprint density at radius 1 is 1.20 bits per heavy atom. The smallest absolute Gasteiger partial charge is 0.154 e. The van der Waals surface area contributed by atoms with Gasteiger partial charge in [0.1, 0.15) is 12.1 Å². The highest BCUT2D eigenvalue weighted by Crippen LogP contribution is 2.42. The third-order valence-corrected chi connectivity index (χ3v) is 5.59. The second kappa shape index (κ2) is 7.66. The van der Waals surface area contributed by atoms with Gasteiger partial charge in [-0.25, -0.2) is 14.4 Å². The molecule has 2 N–H and O–H groups in total. The van der Waals surface area contributed by atoms with Crippen molar-refractivity contribution in [3.05, 3.63) is 47.8 Å². The number of rotatable bonds is 1. The maximum Gasteiger partial charge on any atom is 0.154 e. The van der Waals surface area contributed by atoms with Crippen LogP contribution in [0.4, 0.5) is 4.39 Å². The summed E-state index contributed by atoms with van der Waals surface area (Å²) in [6.07, 6.45) is 15.8. The summed E-state index contributed by atoms with van der Waals surface area (Å²) in [5.74, 6) is 1.23. The minimum Gasteiger partial charge on any atom is -0.379 e. The van der Waals surface area contributed by atoms with Gasteiger partial charge in [-0.1, -0.05) is 11.8 Å². The number of hydrogen-bond donors (Lipinski definition) is 1. The minimum atomic E-state index is -0.223. The first kappa shape index (κ1) is 17.4. The fourth-order valence-corrected chi connectivity index (χ4v) is 4.39. The Bertz CT molecular complexity index is 804. The summed E-state index contributed by atoms with van der Waals surface area (Å²) < 4.78 is 14.6. The van der Waals surface area contributed by atoms with Crippen LogP contribution in [0, 0.1) is 24.6 Å². The monoisotopic (exact) mass is 354 g/mol. The van der Waals surface area contributed by atoms with Gasteiger partial charge in [0.25, 0.3) is 0 Å². The van der Waals surface area contributed by atoms with Gasteiger partial charge in [-0.3, -0.25) is 4.99 Å². The van der Waals surface area contributed by atoms with E-state index < -0.39 is 0 Å². The van der Waals surface area contributed by atoms with Gasteiger partial charge in [-0.05, 0) is 48.4 Å². The molecule has 2 atom stereocenters. The molecule has 25 heavy (non-hydrogen) atoms. The molecular formula is C19H19FN4S. The lowest BCUT2D eigenvalue weighted by molar-refractivity contribution is 0.448. The summed E-state index contributed by atoms with van der Waals surface area (Å²) >= 11 is 1.63. The summed E-state index contributed by atoms with van der Waals surface area (Å²) in [6, 6.07) is 3.63. The predicted molar refractivity (Wildman–Crippen MR) is 101 cm³/mol. The van der Waals surface area contributed by atoms with Crippen LogP contribution in [0.2, 0.25) is 0 Å². The number of benzene rings is 1. The van der Waals surface area contributed by atoms with E-state index in [-0.39, 0.29) is 11.9 Å². The highest BCUT2D eigenvalue weighted by Gasteiger charge is 2.31. The van der Waals surface area contributed by atoms with Crippen molar-refractivity contribution in [2.75, 3.05) is 5.75 Å². The van der Waals surface area contributed by atoms with Crippen molar-refractivity contribution >= 4 is 16.9 Å². The van der Waals surface area contributed by atoms with Gasteiger partial charge in [0, 0.05) is 29.3 Å². The Morgan fingerprint density at radius 3 is 2.72 bits per heavy atom. The number of terminal acetylenes is 1. The molecule has 128 valence electrons. The van der Waals surface area contributed by atoms with Gasteiger partial charge in [0.05, 0.1) is 6.04 Å². The Morgan fingerprint density at radius 2 is 1.96 bits per heavy atom. The molecule has 0 saturated carbocycles. The first-order valence-corrected chi connectivity index (χ1v) is 9.08. The van der Waals surface area contributed by atoms with Gasteiger partial charge in [-0.15, -0.1) is 12.8 Å². The van der Waals surface area contributed by atoms with Crippen LogP contribution < -0.4 is 5.73 Å². The zero-order chi connectivity index (χ0) is 17.8. The molecule has 2 aromatic rings. The molecule has 1 aliphatic carbocycles. The van der Waals surface area contributed by atoms with E-state index in [4.69, 9.17) is 5.73 Å². The quantitative estimate of drug-likeness (QED) is 0.795. The second-order valence-electron chi connectivity index (χ2n) is 6.03. The molecule has 6 heteroatoms. The molecule has 0 bridgehead atoms. The molecule has 4 rings (SSSR count). The van der Waals surface area contributed by atoms with Gasteiger partial charge in [-0.2, -0.15) is 0 Å². The predicted octanol–water partition coefficient (Wildman–Crippen LogP) is 3.59. The van der Waals surface area contributed by atoms with Gasteiger partial charge < -0.3 is 5.73 Å². The average Bonchev–Trinajstić information content (AvgIpc) is 2.82. The summed E-state index contributed by atoms with van der Waals surface area (Å²) in [4.78, 5) is 12.7. The van der Waals surface area contributed by atoms with Gasteiger partial charge >= 0.3 is 0 Å². The van der Waals surface area contributed by atoms with Crippen molar-refractivity contribution < 1.29 is 4.39 Å². The normalized spacial score (nSPS) is 21.6. The molecular weight excluding hydrogens is 335 g/mol. The van der Waals surface area contributed by atoms with E-state index in [2.05, 4.69) is 27.8 Å². The zero-order valence-corrected chi connectivity index (χ0v) is 14.5. The number of fused-ring (bicyclic) bond motifs is 3. The number of aromatic nitrogens is 2. The van der Waals surface area contributed by atoms with E-state index in [9.17, 15) is 4.39 Å². The largest absolute Gasteiger partial charge is 0.379 e. The van der Waals surface area contributed by atoms with E-state index in [1.165, 1.54) is 6.33 Å². The topological polar surface area (TPSA) is 64.2 Å². The summed E-state index contributed by atoms with van der Waals surface area (Å²) in [5, 5.41) is 0.632. The molecule has 4 nitrogen and oxygen atoms in total. The van der Waals surface area contributed by atoms with Crippen LogP contribution >= 0.6 is 11.8 Å². The van der Waals surface area contributed by atoms with Crippen molar-refractivity contribution in [2.24, 2.45) is 16.6 Å². The Balaban J connectivity index is 0.000000880. The SMILES string of the molecule is C#C.NC1=NC2c3cc(-c4cncnc4)c(F)cc3CCC[C@@H]2CS1. The molecule has 0 fully saturated rings. The summed E-state index contributed by atoms with van der Waals surface area (Å²) in [6.45, 7) is 0. The van der Waals surface area contributed by atoms with E-state index in [0.29, 0.717) is 22.2 Å². The van der Waals surface area contributed by atoms with E-state index in [0.717, 1.165) is 36.1 Å². The lowest BCUT2D eigenvalue weighted by Gasteiger charge is -2.27. The van der Waals surface area contributed by atoms with Crippen molar-refractivity contribution in [1.29, 1.82) is 0 Å². The van der Waals surface area contributed by atoms with Crippen LogP contribution in [-0.2, 0) is 6.42 Å². The van der Waals surface area contributed by atoms with E-state index >= 15 is 0 Å². The Kier molecular flexibility index (Phi) is 5.34. The van der Waals surface area contributed by atoms with Crippen LogP contribution in [0.1, 0.15) is 30.0 Å². The molecule has 1 aromatic carbocycles. The van der Waals surface area contributed by atoms with Crippen molar-refractivity contribution in [3.8, 4) is 24.0 Å². The number of nitrogens with zero attached hydrogens (tertiary/aromatic N) is 3. The number of thioether (sulfide) groups is 1. The standard InChI is InChI=1S/C17H17FN4S.C2H2/c18-15-4-10-2-1-3-11-8-23-17(19)22-16(11)14(10)5-13(15)12-6-20-9-21-7-12;1-2/h4-7,9,11,16H,1-3,8H2,(H2,19,22);1-2H/t11-,16?;/m1./s1. The van der Waals surface area contributed by atoms with Crippen molar-refractivity contribution in [3.63, 3.8) is 0 Å². The lowest BCUT2D eigenvalue weighted by atomic mass is 9.90. The molecule has 2 heterocycles. The zero-order valence-electron chi connectivity index (χ0n) is 13.7. The number of amidine groups is 1. The average molecular weight is 354 g/mol. The van der Waals surface area contributed by atoms with E-state index in [1.54, 1.807) is 30.2 Å².